The minimum atomic E-state index is 0.124. The van der Waals surface area contributed by atoms with Crippen LogP contribution in [0.25, 0.3) is 0 Å². The first-order chi connectivity index (χ1) is 7.41. The molecule has 1 atom stereocenters. The maximum atomic E-state index is 8.97. The quantitative estimate of drug-likeness (QED) is 0.172. The number of nitrogens with one attached hydrogen (secondary N) is 1. The van der Waals surface area contributed by atoms with Gasteiger partial charge in [0, 0.05) is 19.1 Å². The molecule has 0 spiro atoms. The van der Waals surface area contributed by atoms with Gasteiger partial charge < -0.3 is 21.4 Å². The van der Waals surface area contributed by atoms with E-state index >= 15 is 0 Å². The fraction of sp³-hybridized carbons (Fsp3) is 0.909. The molecule has 16 heavy (non-hydrogen) atoms. The van der Waals surface area contributed by atoms with Crippen molar-refractivity contribution in [3.05, 3.63) is 0 Å². The molecular weight excluding hydrogens is 206 g/mol. The van der Waals surface area contributed by atoms with Crippen LogP contribution in [0.5, 0.6) is 0 Å². The normalized spacial score (nSPS) is 15.1. The van der Waals surface area contributed by atoms with E-state index in [0.29, 0.717) is 6.42 Å². The maximum Gasteiger partial charge on any atom is 0.139 e. The summed E-state index contributed by atoms with van der Waals surface area (Å²) in [6.45, 7) is 7.42. The molecule has 0 radical (unpaired) electrons. The van der Waals surface area contributed by atoms with Crippen molar-refractivity contribution in [2.75, 3.05) is 13.2 Å². The largest absolute Gasteiger partial charge is 0.409 e. The van der Waals surface area contributed by atoms with E-state index in [0.717, 1.165) is 19.4 Å². The topological polar surface area (TPSA) is 90.9 Å². The molecule has 0 aromatic heterocycles. The summed E-state index contributed by atoms with van der Waals surface area (Å²) in [5.74, 6) is 0.260. The first-order valence-electron chi connectivity index (χ1n) is 5.72. The summed E-state index contributed by atoms with van der Waals surface area (Å²) in [5, 5.41) is 23.6. The van der Waals surface area contributed by atoms with Gasteiger partial charge in [0.25, 0.3) is 0 Å². The third kappa shape index (κ3) is 6.63. The molecule has 0 heterocycles. The fourth-order valence-electron chi connectivity index (χ4n) is 1.57. The number of hydrogen-bond donors (Lipinski definition) is 4. The van der Waals surface area contributed by atoms with Crippen molar-refractivity contribution in [3.63, 3.8) is 0 Å². The van der Waals surface area contributed by atoms with Crippen molar-refractivity contribution < 1.29 is 10.3 Å². The van der Waals surface area contributed by atoms with E-state index in [1.54, 1.807) is 0 Å². The smallest absolute Gasteiger partial charge is 0.139 e. The second-order valence-electron chi connectivity index (χ2n) is 5.08. The zero-order valence-corrected chi connectivity index (χ0v) is 10.5. The lowest BCUT2D eigenvalue weighted by atomic mass is 9.85. The zero-order valence-electron chi connectivity index (χ0n) is 10.5. The summed E-state index contributed by atoms with van der Waals surface area (Å²) in [4.78, 5) is 0. The lowest BCUT2D eigenvalue weighted by Crippen LogP contribution is -2.41. The fourth-order valence-corrected chi connectivity index (χ4v) is 1.57. The molecule has 0 bridgehead atoms. The predicted octanol–water partition coefficient (Wildman–Crippen LogP) is 0.900. The van der Waals surface area contributed by atoms with Gasteiger partial charge in [0.1, 0.15) is 5.84 Å². The second kappa shape index (κ2) is 7.46. The van der Waals surface area contributed by atoms with Crippen LogP contribution < -0.4 is 11.1 Å². The Kier molecular flexibility index (Phi) is 7.08. The van der Waals surface area contributed by atoms with E-state index < -0.39 is 0 Å². The lowest BCUT2D eigenvalue weighted by molar-refractivity contribution is 0.197. The van der Waals surface area contributed by atoms with Crippen LogP contribution in [-0.2, 0) is 0 Å². The highest BCUT2D eigenvalue weighted by molar-refractivity contribution is 5.79. The molecular formula is C11H25N3O2. The molecule has 0 saturated carbocycles. The molecule has 0 saturated heterocycles. The van der Waals surface area contributed by atoms with Gasteiger partial charge in [0.2, 0.25) is 0 Å². The number of nitrogens with zero attached hydrogens (tertiary/aromatic N) is 1. The van der Waals surface area contributed by atoms with Gasteiger partial charge in [-0.05, 0) is 24.8 Å². The second-order valence-corrected chi connectivity index (χ2v) is 5.08. The molecule has 1 unspecified atom stereocenters. The predicted molar refractivity (Wildman–Crippen MR) is 65.6 cm³/mol. The molecule has 5 nitrogen and oxygen atoms in total. The number of aliphatic hydroxyl groups is 1. The summed E-state index contributed by atoms with van der Waals surface area (Å²) in [6.07, 6.45) is 2.15. The number of oxime groups is 1. The Bertz CT molecular complexity index is 212. The van der Waals surface area contributed by atoms with Crippen molar-refractivity contribution in [2.24, 2.45) is 16.3 Å². The number of amidine groups is 1. The average molecular weight is 231 g/mol. The minimum absolute atomic E-state index is 0.124. The monoisotopic (exact) mass is 231 g/mol. The Morgan fingerprint density at radius 3 is 2.50 bits per heavy atom. The van der Waals surface area contributed by atoms with Crippen molar-refractivity contribution in [2.45, 2.75) is 46.1 Å². The summed E-state index contributed by atoms with van der Waals surface area (Å²) < 4.78 is 0. The van der Waals surface area contributed by atoms with Gasteiger partial charge in [0.15, 0.2) is 0 Å². The summed E-state index contributed by atoms with van der Waals surface area (Å²) >= 11 is 0. The van der Waals surface area contributed by atoms with Crippen molar-refractivity contribution in [1.29, 1.82) is 0 Å². The van der Waals surface area contributed by atoms with Crippen LogP contribution in [-0.4, -0.2) is 35.3 Å². The lowest BCUT2D eigenvalue weighted by Gasteiger charge is -2.31. The molecule has 0 aromatic rings. The number of aliphatic hydroxyl groups excluding tert-OH is 1. The molecule has 0 aliphatic rings. The first-order valence-corrected chi connectivity index (χ1v) is 5.72. The van der Waals surface area contributed by atoms with Gasteiger partial charge in [0.05, 0.1) is 0 Å². The Hall–Kier alpha value is -0.810. The molecule has 0 aliphatic carbocycles. The van der Waals surface area contributed by atoms with Gasteiger partial charge in [-0.15, -0.1) is 0 Å². The molecule has 0 aromatic carbocycles. The van der Waals surface area contributed by atoms with E-state index in [4.69, 9.17) is 16.0 Å². The summed E-state index contributed by atoms with van der Waals surface area (Å²) in [7, 11) is 0. The highest BCUT2D eigenvalue weighted by Crippen LogP contribution is 2.21. The number of rotatable bonds is 7. The highest BCUT2D eigenvalue weighted by Gasteiger charge is 2.22. The van der Waals surface area contributed by atoms with E-state index in [2.05, 4.69) is 31.2 Å². The van der Waals surface area contributed by atoms with Gasteiger partial charge in [-0.3, -0.25) is 0 Å². The summed E-state index contributed by atoms with van der Waals surface area (Å²) in [6, 6.07) is 0.282. The van der Waals surface area contributed by atoms with Crippen LogP contribution in [0.3, 0.4) is 0 Å². The third-order valence-corrected chi connectivity index (χ3v) is 2.59. The van der Waals surface area contributed by atoms with E-state index in [1.807, 2.05) is 0 Å². The van der Waals surface area contributed by atoms with Crippen LogP contribution in [0.2, 0.25) is 0 Å². The molecule has 0 aliphatic heterocycles. The van der Waals surface area contributed by atoms with Gasteiger partial charge >= 0.3 is 0 Å². The molecule has 96 valence electrons. The Labute approximate surface area is 97.7 Å². The van der Waals surface area contributed by atoms with Gasteiger partial charge in [-0.25, -0.2) is 0 Å². The van der Waals surface area contributed by atoms with Crippen LogP contribution in [0.1, 0.15) is 40.0 Å². The van der Waals surface area contributed by atoms with E-state index in [1.165, 1.54) is 0 Å². The molecule has 5 heteroatoms. The number of hydrogen-bond acceptors (Lipinski definition) is 4. The molecule has 0 rings (SSSR count). The molecule has 5 N–H and O–H groups in total. The summed E-state index contributed by atoms with van der Waals surface area (Å²) in [5.41, 5.74) is 5.49. The van der Waals surface area contributed by atoms with E-state index in [-0.39, 0.29) is 23.9 Å². The minimum Gasteiger partial charge on any atom is -0.409 e. The number of nitrogens with two attached hydrogens (primary N) is 1. The standard InChI is InChI=1S/C11H25N3O2/c1-11(2,3)9(6-8-15)13-7-4-5-10(12)14-16/h9,13,15-16H,4-8H2,1-3H3,(H2,12,14). The molecule has 0 fully saturated rings. The molecule has 0 amide bonds. The van der Waals surface area contributed by atoms with Crippen LogP contribution in [0.4, 0.5) is 0 Å². The van der Waals surface area contributed by atoms with Crippen molar-refractivity contribution >= 4 is 5.84 Å². The first kappa shape index (κ1) is 15.2. The Balaban J connectivity index is 3.86. The Morgan fingerprint density at radius 2 is 2.06 bits per heavy atom. The average Bonchev–Trinajstić information content (AvgIpc) is 2.20. The SMILES string of the molecule is CC(C)(C)C(CCO)NCCCC(N)=NO. The van der Waals surface area contributed by atoms with Gasteiger partial charge in [-0.1, -0.05) is 25.9 Å². The van der Waals surface area contributed by atoms with E-state index in [9.17, 15) is 0 Å². The van der Waals surface area contributed by atoms with Crippen molar-refractivity contribution in [3.8, 4) is 0 Å². The van der Waals surface area contributed by atoms with Crippen molar-refractivity contribution in [1.82, 2.24) is 5.32 Å². The zero-order chi connectivity index (χ0) is 12.6. The highest BCUT2D eigenvalue weighted by atomic mass is 16.4. The third-order valence-electron chi connectivity index (χ3n) is 2.59. The van der Waals surface area contributed by atoms with Crippen LogP contribution in [0.15, 0.2) is 5.16 Å². The Morgan fingerprint density at radius 1 is 1.44 bits per heavy atom. The van der Waals surface area contributed by atoms with Crippen LogP contribution in [0, 0.1) is 5.41 Å². The van der Waals surface area contributed by atoms with Crippen LogP contribution >= 0.6 is 0 Å². The van der Waals surface area contributed by atoms with Gasteiger partial charge in [-0.2, -0.15) is 0 Å². The maximum absolute atomic E-state index is 8.97.